The summed E-state index contributed by atoms with van der Waals surface area (Å²) in [7, 11) is 0. The Bertz CT molecular complexity index is 540. The summed E-state index contributed by atoms with van der Waals surface area (Å²) in [5.41, 5.74) is 0.988. The lowest BCUT2D eigenvalue weighted by Crippen LogP contribution is -2.41. The molecule has 5 heteroatoms. The van der Waals surface area contributed by atoms with Gasteiger partial charge in [-0.05, 0) is 25.8 Å². The van der Waals surface area contributed by atoms with E-state index in [0.29, 0.717) is 6.42 Å². The first-order valence-corrected chi connectivity index (χ1v) is 7.15. The van der Waals surface area contributed by atoms with Crippen LogP contribution in [0.1, 0.15) is 19.4 Å². The van der Waals surface area contributed by atoms with Crippen LogP contribution in [0.15, 0.2) is 30.3 Å². The number of amides is 2. The maximum Gasteiger partial charge on any atom is 0.287 e. The van der Waals surface area contributed by atoms with Gasteiger partial charge in [-0.2, -0.15) is 0 Å². The standard InChI is InChI=1S/C16H20N2O3/c1-10(2)18-16(21)14(19)13-9-17-15(20)12(13)8-11-6-4-3-5-7-11/h3-7,10,12-13H,8-9H2,1-2H3,(H,17,20)(H,18,21)/t12-,13?/m1/s1. The largest absolute Gasteiger partial charge is 0.355 e. The zero-order chi connectivity index (χ0) is 15.4. The van der Waals surface area contributed by atoms with Gasteiger partial charge in [0, 0.05) is 12.6 Å². The summed E-state index contributed by atoms with van der Waals surface area (Å²) in [5, 5.41) is 5.28. The number of nitrogens with one attached hydrogen (secondary N) is 2. The molecule has 2 atom stereocenters. The zero-order valence-corrected chi connectivity index (χ0v) is 12.3. The third-order valence-corrected chi connectivity index (χ3v) is 3.60. The number of benzene rings is 1. The normalized spacial score (nSPS) is 21.2. The Balaban J connectivity index is 2.09. The molecule has 0 aliphatic carbocycles. The Morgan fingerprint density at radius 2 is 1.95 bits per heavy atom. The monoisotopic (exact) mass is 288 g/mol. The predicted octanol–water partition coefficient (Wildman–Crippen LogP) is 0.685. The average molecular weight is 288 g/mol. The maximum absolute atomic E-state index is 12.2. The van der Waals surface area contributed by atoms with Crippen molar-refractivity contribution in [3.05, 3.63) is 35.9 Å². The summed E-state index contributed by atoms with van der Waals surface area (Å²) in [6.45, 7) is 3.83. The van der Waals surface area contributed by atoms with Crippen molar-refractivity contribution in [1.82, 2.24) is 10.6 Å². The van der Waals surface area contributed by atoms with Crippen LogP contribution in [0.25, 0.3) is 0 Å². The molecule has 1 heterocycles. The molecule has 2 amide bonds. The van der Waals surface area contributed by atoms with E-state index in [4.69, 9.17) is 0 Å². The van der Waals surface area contributed by atoms with E-state index in [1.165, 1.54) is 0 Å². The fourth-order valence-electron chi connectivity index (χ4n) is 2.55. The molecule has 1 fully saturated rings. The highest BCUT2D eigenvalue weighted by molar-refractivity contribution is 6.37. The Hall–Kier alpha value is -2.17. The van der Waals surface area contributed by atoms with Gasteiger partial charge in [0.05, 0.1) is 11.8 Å². The van der Waals surface area contributed by atoms with Crippen molar-refractivity contribution >= 4 is 17.6 Å². The summed E-state index contributed by atoms with van der Waals surface area (Å²) >= 11 is 0. The molecule has 1 unspecified atom stereocenters. The van der Waals surface area contributed by atoms with Crippen LogP contribution < -0.4 is 10.6 Å². The van der Waals surface area contributed by atoms with Gasteiger partial charge in [0.25, 0.3) is 5.91 Å². The Kier molecular flexibility index (Phi) is 4.73. The van der Waals surface area contributed by atoms with Gasteiger partial charge >= 0.3 is 0 Å². The lowest BCUT2D eigenvalue weighted by atomic mass is 9.86. The summed E-state index contributed by atoms with van der Waals surface area (Å²) in [5.74, 6) is -2.34. The smallest absolute Gasteiger partial charge is 0.287 e. The number of rotatable bonds is 5. The topological polar surface area (TPSA) is 75.3 Å². The second-order valence-corrected chi connectivity index (χ2v) is 5.64. The molecule has 0 spiro atoms. The first kappa shape index (κ1) is 15.2. The number of carbonyl (C=O) groups is 3. The molecule has 0 saturated carbocycles. The van der Waals surface area contributed by atoms with Crippen LogP contribution in [0, 0.1) is 11.8 Å². The Morgan fingerprint density at radius 3 is 2.57 bits per heavy atom. The molecule has 1 aromatic rings. The summed E-state index contributed by atoms with van der Waals surface area (Å²) in [6, 6.07) is 9.42. The molecule has 21 heavy (non-hydrogen) atoms. The van der Waals surface area contributed by atoms with Crippen LogP contribution in [-0.4, -0.2) is 30.2 Å². The van der Waals surface area contributed by atoms with Crippen LogP contribution in [0.5, 0.6) is 0 Å². The average Bonchev–Trinajstić information content (AvgIpc) is 2.80. The molecule has 1 aliphatic rings. The van der Waals surface area contributed by atoms with Crippen molar-refractivity contribution in [2.24, 2.45) is 11.8 Å². The molecule has 1 aliphatic heterocycles. The lowest BCUT2D eigenvalue weighted by molar-refractivity contribution is -0.141. The van der Waals surface area contributed by atoms with Crippen LogP contribution in [0.3, 0.4) is 0 Å². The second kappa shape index (κ2) is 6.52. The third-order valence-electron chi connectivity index (χ3n) is 3.60. The predicted molar refractivity (Wildman–Crippen MR) is 78.4 cm³/mol. The minimum absolute atomic E-state index is 0.0981. The van der Waals surface area contributed by atoms with Crippen molar-refractivity contribution in [2.45, 2.75) is 26.3 Å². The van der Waals surface area contributed by atoms with E-state index in [0.717, 1.165) is 5.56 Å². The Morgan fingerprint density at radius 1 is 1.29 bits per heavy atom. The van der Waals surface area contributed by atoms with Gasteiger partial charge in [-0.25, -0.2) is 0 Å². The number of hydrogen-bond donors (Lipinski definition) is 2. The molecule has 5 nitrogen and oxygen atoms in total. The quantitative estimate of drug-likeness (QED) is 0.783. The minimum Gasteiger partial charge on any atom is -0.355 e. The van der Waals surface area contributed by atoms with Gasteiger partial charge in [0.2, 0.25) is 11.7 Å². The highest BCUT2D eigenvalue weighted by Crippen LogP contribution is 2.23. The molecular formula is C16H20N2O3. The molecule has 2 rings (SSSR count). The highest BCUT2D eigenvalue weighted by atomic mass is 16.2. The summed E-state index contributed by atoms with van der Waals surface area (Å²) in [6.07, 6.45) is 0.470. The van der Waals surface area contributed by atoms with Crippen LogP contribution >= 0.6 is 0 Å². The van der Waals surface area contributed by atoms with Gasteiger partial charge in [0.15, 0.2) is 0 Å². The minimum atomic E-state index is -0.607. The number of hydrogen-bond acceptors (Lipinski definition) is 3. The SMILES string of the molecule is CC(C)NC(=O)C(=O)C1CNC(=O)[C@@H]1Cc1ccccc1. The van der Waals surface area contributed by atoms with E-state index in [1.54, 1.807) is 13.8 Å². The van der Waals surface area contributed by atoms with Crippen LogP contribution in [-0.2, 0) is 20.8 Å². The zero-order valence-electron chi connectivity index (χ0n) is 12.3. The van der Waals surface area contributed by atoms with Crippen molar-refractivity contribution < 1.29 is 14.4 Å². The number of carbonyl (C=O) groups excluding carboxylic acids is 3. The van der Waals surface area contributed by atoms with Gasteiger partial charge in [0.1, 0.15) is 0 Å². The molecule has 0 radical (unpaired) electrons. The lowest BCUT2D eigenvalue weighted by Gasteiger charge is -2.16. The third kappa shape index (κ3) is 3.68. The van der Waals surface area contributed by atoms with E-state index in [2.05, 4.69) is 10.6 Å². The highest BCUT2D eigenvalue weighted by Gasteiger charge is 2.41. The van der Waals surface area contributed by atoms with E-state index >= 15 is 0 Å². The maximum atomic E-state index is 12.2. The second-order valence-electron chi connectivity index (χ2n) is 5.64. The molecule has 112 valence electrons. The summed E-state index contributed by atoms with van der Waals surface area (Å²) < 4.78 is 0. The van der Waals surface area contributed by atoms with Gasteiger partial charge in [-0.1, -0.05) is 30.3 Å². The van der Waals surface area contributed by atoms with Crippen LogP contribution in [0.2, 0.25) is 0 Å². The fraction of sp³-hybridized carbons (Fsp3) is 0.438. The fourth-order valence-corrected chi connectivity index (χ4v) is 2.55. The van der Waals surface area contributed by atoms with Crippen molar-refractivity contribution in [2.75, 3.05) is 6.54 Å². The molecule has 1 saturated heterocycles. The van der Waals surface area contributed by atoms with Crippen molar-refractivity contribution in [3.8, 4) is 0 Å². The molecule has 1 aromatic carbocycles. The van der Waals surface area contributed by atoms with E-state index < -0.39 is 23.5 Å². The van der Waals surface area contributed by atoms with Crippen molar-refractivity contribution in [3.63, 3.8) is 0 Å². The molecule has 0 aromatic heterocycles. The first-order chi connectivity index (χ1) is 9.99. The van der Waals surface area contributed by atoms with Gasteiger partial charge in [-0.3, -0.25) is 14.4 Å². The van der Waals surface area contributed by atoms with Gasteiger partial charge in [-0.15, -0.1) is 0 Å². The molecule has 0 bridgehead atoms. The first-order valence-electron chi connectivity index (χ1n) is 7.15. The number of Topliss-reactive ketones (excluding diaryl/α,β-unsaturated/α-hetero) is 1. The molecular weight excluding hydrogens is 268 g/mol. The number of ketones is 1. The van der Waals surface area contributed by atoms with E-state index in [9.17, 15) is 14.4 Å². The van der Waals surface area contributed by atoms with Crippen LogP contribution in [0.4, 0.5) is 0 Å². The van der Waals surface area contributed by atoms with E-state index in [-0.39, 0.29) is 18.5 Å². The summed E-state index contributed by atoms with van der Waals surface area (Å²) in [4.78, 5) is 36.0. The van der Waals surface area contributed by atoms with E-state index in [1.807, 2.05) is 30.3 Å². The Labute approximate surface area is 124 Å². The van der Waals surface area contributed by atoms with Gasteiger partial charge < -0.3 is 10.6 Å². The van der Waals surface area contributed by atoms with Crippen molar-refractivity contribution in [1.29, 1.82) is 0 Å². The molecule has 2 N–H and O–H groups in total.